The van der Waals surface area contributed by atoms with E-state index in [1.165, 1.54) is 54.9 Å². The van der Waals surface area contributed by atoms with Gasteiger partial charge in [0.15, 0.2) is 27.4 Å². The van der Waals surface area contributed by atoms with E-state index in [2.05, 4.69) is 10.2 Å². The SMILES string of the molecule is COc1cc([C@H]2C(C(=O)c3cc4ccccc4o3)=C(O)C(=O)N2c2nnc(SCc3ccc(C)cc3)s2)cc(OC)c1OC. The first-order chi connectivity index (χ1) is 21.3. The Labute approximate surface area is 260 Å². The van der Waals surface area contributed by atoms with Crippen molar-refractivity contribution in [3.05, 3.63) is 101 Å². The molecule has 0 aliphatic carbocycles. The van der Waals surface area contributed by atoms with Crippen LogP contribution in [0.2, 0.25) is 0 Å². The van der Waals surface area contributed by atoms with Crippen LogP contribution < -0.4 is 19.1 Å². The van der Waals surface area contributed by atoms with Crippen LogP contribution in [0.1, 0.15) is 33.3 Å². The van der Waals surface area contributed by atoms with Crippen LogP contribution in [0.4, 0.5) is 5.13 Å². The molecule has 44 heavy (non-hydrogen) atoms. The lowest BCUT2D eigenvalue weighted by Gasteiger charge is -2.25. The van der Waals surface area contributed by atoms with Crippen LogP contribution in [0.25, 0.3) is 11.0 Å². The highest BCUT2D eigenvalue weighted by Crippen LogP contribution is 2.48. The second kappa shape index (κ2) is 12.1. The molecule has 0 radical (unpaired) electrons. The summed E-state index contributed by atoms with van der Waals surface area (Å²) < 4.78 is 23.1. The Kier molecular flexibility index (Phi) is 8.02. The molecule has 2 aromatic heterocycles. The number of amides is 1. The number of para-hydroxylation sites is 1. The quantitative estimate of drug-likeness (QED) is 0.101. The summed E-state index contributed by atoms with van der Waals surface area (Å²) >= 11 is 2.66. The van der Waals surface area contributed by atoms with E-state index in [1.54, 1.807) is 30.3 Å². The molecule has 0 bridgehead atoms. The number of Topliss-reactive ketones (excluding diaryl/α,β-unsaturated/α-hetero) is 1. The highest BCUT2D eigenvalue weighted by Gasteiger charge is 2.47. The van der Waals surface area contributed by atoms with Crippen molar-refractivity contribution in [1.82, 2.24) is 10.2 Å². The number of aliphatic hydroxyl groups excluding tert-OH is 1. The van der Waals surface area contributed by atoms with Crippen molar-refractivity contribution in [2.75, 3.05) is 26.2 Å². The number of ketones is 1. The number of methoxy groups -OCH3 is 3. The first-order valence-electron chi connectivity index (χ1n) is 13.4. The molecule has 6 rings (SSSR count). The lowest BCUT2D eigenvalue weighted by Crippen LogP contribution is -2.31. The number of furan rings is 1. The van der Waals surface area contributed by atoms with Gasteiger partial charge >= 0.3 is 0 Å². The van der Waals surface area contributed by atoms with E-state index in [0.29, 0.717) is 43.9 Å². The molecule has 5 aromatic rings. The number of aromatic nitrogens is 2. The number of rotatable bonds is 10. The van der Waals surface area contributed by atoms with Crippen LogP contribution in [0.15, 0.2) is 86.8 Å². The monoisotopic (exact) mass is 629 g/mol. The molecule has 1 aliphatic heterocycles. The Morgan fingerprint density at radius 3 is 2.36 bits per heavy atom. The van der Waals surface area contributed by atoms with Crippen LogP contribution >= 0.6 is 23.1 Å². The maximum absolute atomic E-state index is 14.0. The van der Waals surface area contributed by atoms with Gasteiger partial charge in [-0.15, -0.1) is 10.2 Å². The Bertz CT molecular complexity index is 1850. The van der Waals surface area contributed by atoms with E-state index in [1.807, 2.05) is 43.3 Å². The number of benzene rings is 3. The van der Waals surface area contributed by atoms with E-state index in [4.69, 9.17) is 18.6 Å². The number of ether oxygens (including phenoxy) is 3. The van der Waals surface area contributed by atoms with Crippen molar-refractivity contribution in [2.24, 2.45) is 0 Å². The third-order valence-corrected chi connectivity index (χ3v) is 9.32. The van der Waals surface area contributed by atoms with Gasteiger partial charge in [0.1, 0.15) is 5.58 Å². The van der Waals surface area contributed by atoms with E-state index >= 15 is 0 Å². The van der Waals surface area contributed by atoms with Crippen LogP contribution in [0.5, 0.6) is 17.2 Å². The summed E-state index contributed by atoms with van der Waals surface area (Å²) in [6.07, 6.45) is 0. The number of anilines is 1. The Balaban J connectivity index is 1.43. The number of carbonyl (C=O) groups is 2. The summed E-state index contributed by atoms with van der Waals surface area (Å²) in [5.74, 6) is -0.575. The summed E-state index contributed by atoms with van der Waals surface area (Å²) in [6.45, 7) is 2.03. The largest absolute Gasteiger partial charge is 0.503 e. The molecule has 0 saturated heterocycles. The van der Waals surface area contributed by atoms with Crippen molar-refractivity contribution in [3.8, 4) is 17.2 Å². The first-order valence-corrected chi connectivity index (χ1v) is 15.2. The first kappa shape index (κ1) is 29.3. The molecule has 3 aromatic carbocycles. The van der Waals surface area contributed by atoms with Crippen molar-refractivity contribution in [3.63, 3.8) is 0 Å². The van der Waals surface area contributed by atoms with Gasteiger partial charge in [0.25, 0.3) is 5.91 Å². The fourth-order valence-corrected chi connectivity index (χ4v) is 6.85. The Morgan fingerprint density at radius 2 is 1.70 bits per heavy atom. The van der Waals surface area contributed by atoms with Gasteiger partial charge in [0, 0.05) is 11.1 Å². The maximum Gasteiger partial charge on any atom is 0.296 e. The molecule has 0 unspecified atom stereocenters. The molecule has 1 atom stereocenters. The number of hydrogen-bond acceptors (Lipinski definition) is 11. The van der Waals surface area contributed by atoms with Gasteiger partial charge in [-0.2, -0.15) is 0 Å². The van der Waals surface area contributed by atoms with Gasteiger partial charge in [-0.25, -0.2) is 0 Å². The van der Waals surface area contributed by atoms with Gasteiger partial charge in [-0.05, 0) is 42.3 Å². The van der Waals surface area contributed by atoms with E-state index in [9.17, 15) is 14.7 Å². The van der Waals surface area contributed by atoms with Crippen LogP contribution in [0, 0.1) is 6.92 Å². The molecule has 3 heterocycles. The summed E-state index contributed by atoms with van der Waals surface area (Å²) in [6, 6.07) is 19.1. The molecule has 0 fully saturated rings. The molecular weight excluding hydrogens is 603 g/mol. The predicted octanol–water partition coefficient (Wildman–Crippen LogP) is 6.69. The Hall–Kier alpha value is -4.81. The summed E-state index contributed by atoms with van der Waals surface area (Å²) in [7, 11) is 4.41. The lowest BCUT2D eigenvalue weighted by atomic mass is 9.94. The lowest BCUT2D eigenvalue weighted by molar-refractivity contribution is -0.117. The van der Waals surface area contributed by atoms with Gasteiger partial charge in [0.05, 0.1) is 32.9 Å². The fourth-order valence-electron chi connectivity index (χ4n) is 5.02. The molecule has 1 aliphatic rings. The standard InChI is InChI=1S/C32H27N3O7S2/c1-17-9-11-18(12-10-17)16-43-32-34-33-31(44-32)35-26(20-14-23(39-2)29(41-4)24(15-20)40-3)25(28(37)30(35)38)27(36)22-13-19-7-5-6-8-21(19)42-22/h5-15,26,37H,16H2,1-4H3/t26-/m0/s1. The second-order valence-corrected chi connectivity index (χ2v) is 12.1. The zero-order chi connectivity index (χ0) is 31.0. The molecular formula is C32H27N3O7S2. The zero-order valence-electron chi connectivity index (χ0n) is 24.2. The minimum atomic E-state index is -1.11. The molecule has 224 valence electrons. The number of thioether (sulfide) groups is 1. The third kappa shape index (κ3) is 5.26. The maximum atomic E-state index is 14.0. The molecule has 0 spiro atoms. The molecule has 1 amide bonds. The average Bonchev–Trinajstić information content (AvgIpc) is 3.76. The van der Waals surface area contributed by atoms with Gasteiger partial charge < -0.3 is 23.7 Å². The molecule has 1 N–H and O–H groups in total. The fraction of sp³-hybridized carbons (Fsp3) is 0.188. The summed E-state index contributed by atoms with van der Waals surface area (Å²) in [5.41, 5.74) is 3.03. The number of aryl methyl sites for hydroxylation is 1. The summed E-state index contributed by atoms with van der Waals surface area (Å²) in [4.78, 5) is 29.0. The highest BCUT2D eigenvalue weighted by atomic mass is 32.2. The van der Waals surface area contributed by atoms with E-state index in [0.717, 1.165) is 5.56 Å². The highest BCUT2D eigenvalue weighted by molar-refractivity contribution is 8.00. The van der Waals surface area contributed by atoms with Crippen molar-refractivity contribution < 1.29 is 33.3 Å². The smallest absolute Gasteiger partial charge is 0.296 e. The molecule has 12 heteroatoms. The van der Waals surface area contributed by atoms with Gasteiger partial charge in [-0.3, -0.25) is 14.5 Å². The third-order valence-electron chi connectivity index (χ3n) is 7.19. The van der Waals surface area contributed by atoms with Crippen molar-refractivity contribution in [1.29, 1.82) is 0 Å². The Morgan fingerprint density at radius 1 is 1.00 bits per heavy atom. The number of fused-ring (bicyclic) bond motifs is 1. The molecule has 0 saturated carbocycles. The van der Waals surface area contributed by atoms with Crippen LogP contribution in [-0.2, 0) is 10.5 Å². The average molecular weight is 630 g/mol. The van der Waals surface area contributed by atoms with Crippen molar-refractivity contribution >= 4 is 50.9 Å². The number of nitrogens with zero attached hydrogens (tertiary/aromatic N) is 3. The number of carbonyl (C=O) groups excluding carboxylic acids is 2. The van der Waals surface area contributed by atoms with Gasteiger partial charge in [0.2, 0.25) is 16.7 Å². The second-order valence-electron chi connectivity index (χ2n) is 9.90. The van der Waals surface area contributed by atoms with Crippen molar-refractivity contribution in [2.45, 2.75) is 23.1 Å². The summed E-state index contributed by atoms with van der Waals surface area (Å²) in [5, 5.41) is 20.8. The predicted molar refractivity (Wildman–Crippen MR) is 167 cm³/mol. The van der Waals surface area contributed by atoms with Crippen LogP contribution in [-0.4, -0.2) is 48.3 Å². The topological polar surface area (TPSA) is 124 Å². The zero-order valence-corrected chi connectivity index (χ0v) is 25.8. The normalized spacial score (nSPS) is 14.9. The molecule has 10 nitrogen and oxygen atoms in total. The minimum Gasteiger partial charge on any atom is -0.503 e. The van der Waals surface area contributed by atoms with Gasteiger partial charge in [-0.1, -0.05) is 71.1 Å². The minimum absolute atomic E-state index is 0.0218. The van der Waals surface area contributed by atoms with E-state index < -0.39 is 23.5 Å². The number of hydrogen-bond donors (Lipinski definition) is 1. The number of aliphatic hydroxyl groups is 1. The van der Waals surface area contributed by atoms with Crippen LogP contribution in [0.3, 0.4) is 0 Å². The van der Waals surface area contributed by atoms with E-state index in [-0.39, 0.29) is 16.5 Å².